The minimum Gasteiger partial charge on any atom is -0.399 e. The summed E-state index contributed by atoms with van der Waals surface area (Å²) in [5.74, 6) is 0. The highest BCUT2D eigenvalue weighted by molar-refractivity contribution is 5.89. The van der Waals surface area contributed by atoms with Gasteiger partial charge < -0.3 is 11.1 Å². The van der Waals surface area contributed by atoms with Crippen LogP contribution in [0, 0.1) is 0 Å². The second-order valence-corrected chi connectivity index (χ2v) is 7.86. The van der Waals surface area contributed by atoms with Crippen molar-refractivity contribution >= 4 is 49.4 Å². The van der Waals surface area contributed by atoms with Gasteiger partial charge in [-0.15, -0.1) is 0 Å². The Balaban J connectivity index is 0.000000165. The molecule has 0 bridgehead atoms. The highest BCUT2D eigenvalue weighted by atomic mass is 14.9. The number of benzene rings is 6. The van der Waals surface area contributed by atoms with E-state index < -0.39 is 0 Å². The maximum Gasteiger partial charge on any atom is 0.0390 e. The third-order valence-corrected chi connectivity index (χ3v) is 5.56. The van der Waals surface area contributed by atoms with Crippen LogP contribution in [0.25, 0.3) is 32.3 Å². The van der Waals surface area contributed by atoms with Crippen molar-refractivity contribution in [3.63, 3.8) is 0 Å². The molecule has 6 rings (SSSR count). The molecule has 0 radical (unpaired) electrons. The van der Waals surface area contributed by atoms with Crippen molar-refractivity contribution in [2.75, 3.05) is 11.1 Å². The van der Waals surface area contributed by atoms with E-state index in [-0.39, 0.29) is 0 Å². The van der Waals surface area contributed by atoms with E-state index >= 15 is 0 Å². The van der Waals surface area contributed by atoms with Crippen molar-refractivity contribution in [2.24, 2.45) is 0 Å². The maximum absolute atomic E-state index is 5.62. The summed E-state index contributed by atoms with van der Waals surface area (Å²) < 4.78 is 0. The van der Waals surface area contributed by atoms with Gasteiger partial charge in [-0.3, -0.25) is 0 Å². The molecule has 0 heterocycles. The summed E-state index contributed by atoms with van der Waals surface area (Å²) in [4.78, 5) is 0. The van der Waals surface area contributed by atoms with Gasteiger partial charge in [-0.25, -0.2) is 0 Å². The first-order valence-corrected chi connectivity index (χ1v) is 10.7. The molecule has 0 spiro atoms. The van der Waals surface area contributed by atoms with Crippen LogP contribution in [0.4, 0.5) is 17.1 Å². The van der Waals surface area contributed by atoms with Gasteiger partial charge in [-0.05, 0) is 68.7 Å². The Morgan fingerprint density at radius 3 is 1.22 bits per heavy atom. The zero-order valence-electron chi connectivity index (χ0n) is 17.7. The summed E-state index contributed by atoms with van der Waals surface area (Å²) in [5, 5.41) is 11.0. The molecule has 154 valence electrons. The molecule has 6 aromatic carbocycles. The first kappa shape index (κ1) is 19.7. The number of fused-ring (bicyclic) bond motifs is 3. The Labute approximate surface area is 187 Å². The van der Waals surface area contributed by atoms with Gasteiger partial charge in [0, 0.05) is 17.1 Å². The van der Waals surface area contributed by atoms with E-state index in [0.29, 0.717) is 0 Å². The van der Waals surface area contributed by atoms with Crippen LogP contribution in [0.15, 0.2) is 127 Å². The predicted octanol–water partition coefficient (Wildman–Crippen LogP) is 8.16. The summed E-state index contributed by atoms with van der Waals surface area (Å²) in [7, 11) is 0. The molecule has 6 aromatic rings. The average Bonchev–Trinajstić information content (AvgIpc) is 2.84. The van der Waals surface area contributed by atoms with Gasteiger partial charge in [-0.1, -0.05) is 91.0 Å². The molecule has 2 heteroatoms. The number of anilines is 3. The first-order valence-electron chi connectivity index (χ1n) is 10.7. The molecule has 32 heavy (non-hydrogen) atoms. The summed E-state index contributed by atoms with van der Waals surface area (Å²) in [5.41, 5.74) is 8.68. The van der Waals surface area contributed by atoms with Crippen LogP contribution < -0.4 is 11.1 Å². The number of nitrogens with two attached hydrogens (primary N) is 1. The molecule has 0 aromatic heterocycles. The second kappa shape index (κ2) is 8.83. The van der Waals surface area contributed by atoms with Crippen molar-refractivity contribution in [2.45, 2.75) is 0 Å². The standard InChI is InChI=1S/C20H15N.C10H9N/c1-3-7-17-13-19(11-9-15(17)5-1)21-20-12-10-16-6-2-4-8-18(16)14-20;11-10-6-5-8-3-1-2-4-9(8)7-10/h1-14,21H;1-7H,11H2. The first-order chi connectivity index (χ1) is 15.7. The second-order valence-electron chi connectivity index (χ2n) is 7.86. The lowest BCUT2D eigenvalue weighted by molar-refractivity contribution is 1.59. The molecule has 0 saturated heterocycles. The molecule has 0 aliphatic rings. The fourth-order valence-electron chi connectivity index (χ4n) is 3.91. The summed E-state index contributed by atoms with van der Waals surface area (Å²) in [6.45, 7) is 0. The van der Waals surface area contributed by atoms with Crippen LogP contribution in [0.2, 0.25) is 0 Å². The number of nitrogen functional groups attached to an aromatic ring is 1. The molecule has 0 fully saturated rings. The van der Waals surface area contributed by atoms with Gasteiger partial charge in [0.15, 0.2) is 0 Å². The van der Waals surface area contributed by atoms with Gasteiger partial charge in [0.1, 0.15) is 0 Å². The van der Waals surface area contributed by atoms with Crippen molar-refractivity contribution in [1.82, 2.24) is 0 Å². The number of nitrogens with one attached hydrogen (secondary N) is 1. The molecule has 0 atom stereocenters. The minimum atomic E-state index is 0.823. The van der Waals surface area contributed by atoms with Crippen LogP contribution in [0.1, 0.15) is 0 Å². The normalized spacial score (nSPS) is 10.6. The molecule has 0 saturated carbocycles. The zero-order valence-corrected chi connectivity index (χ0v) is 17.7. The smallest absolute Gasteiger partial charge is 0.0390 e. The van der Waals surface area contributed by atoms with E-state index in [9.17, 15) is 0 Å². The number of hydrogen-bond acceptors (Lipinski definition) is 2. The van der Waals surface area contributed by atoms with E-state index in [1.54, 1.807) is 0 Å². The van der Waals surface area contributed by atoms with E-state index in [2.05, 4.69) is 102 Å². The Bertz CT molecular complexity index is 1440. The van der Waals surface area contributed by atoms with Gasteiger partial charge in [-0.2, -0.15) is 0 Å². The average molecular weight is 413 g/mol. The van der Waals surface area contributed by atoms with Gasteiger partial charge in [0.05, 0.1) is 0 Å². The molecular weight excluding hydrogens is 388 g/mol. The largest absolute Gasteiger partial charge is 0.399 e. The molecule has 0 aliphatic heterocycles. The van der Waals surface area contributed by atoms with Crippen LogP contribution in [0.5, 0.6) is 0 Å². The summed E-state index contributed by atoms with van der Waals surface area (Å²) >= 11 is 0. The third-order valence-electron chi connectivity index (χ3n) is 5.56. The molecular formula is C30H24N2. The van der Waals surface area contributed by atoms with Crippen molar-refractivity contribution in [1.29, 1.82) is 0 Å². The van der Waals surface area contributed by atoms with Crippen LogP contribution >= 0.6 is 0 Å². The topological polar surface area (TPSA) is 38.0 Å². The lowest BCUT2D eigenvalue weighted by atomic mass is 10.1. The van der Waals surface area contributed by atoms with Gasteiger partial charge in [0.25, 0.3) is 0 Å². The predicted molar refractivity (Wildman–Crippen MR) is 140 cm³/mol. The Morgan fingerprint density at radius 1 is 0.375 bits per heavy atom. The third kappa shape index (κ3) is 4.40. The summed E-state index contributed by atoms with van der Waals surface area (Å²) in [6.07, 6.45) is 0. The Hall–Kier alpha value is -4.30. The molecule has 3 N–H and O–H groups in total. The fourth-order valence-corrected chi connectivity index (χ4v) is 3.91. The molecule has 2 nitrogen and oxygen atoms in total. The highest BCUT2D eigenvalue weighted by Gasteiger charge is 1.99. The number of rotatable bonds is 2. The van der Waals surface area contributed by atoms with Crippen molar-refractivity contribution < 1.29 is 0 Å². The van der Waals surface area contributed by atoms with E-state index in [1.165, 1.54) is 32.3 Å². The SMILES string of the molecule is Nc1ccc2ccccc2c1.c1ccc2cc(Nc3ccc4ccccc4c3)ccc2c1. The lowest BCUT2D eigenvalue weighted by Crippen LogP contribution is -1.90. The molecule has 0 aliphatic carbocycles. The Kier molecular flexibility index (Phi) is 5.42. The fraction of sp³-hybridized carbons (Fsp3) is 0. The van der Waals surface area contributed by atoms with E-state index in [4.69, 9.17) is 5.73 Å². The van der Waals surface area contributed by atoms with Crippen LogP contribution in [-0.4, -0.2) is 0 Å². The van der Waals surface area contributed by atoms with Gasteiger partial charge in [0.2, 0.25) is 0 Å². The lowest BCUT2D eigenvalue weighted by Gasteiger charge is -2.09. The quantitative estimate of drug-likeness (QED) is 0.282. The summed E-state index contributed by atoms with van der Waals surface area (Å²) in [6, 6.07) is 43.9. The highest BCUT2D eigenvalue weighted by Crippen LogP contribution is 2.25. The monoisotopic (exact) mass is 412 g/mol. The van der Waals surface area contributed by atoms with Crippen molar-refractivity contribution in [3.05, 3.63) is 127 Å². The Morgan fingerprint density at radius 2 is 0.750 bits per heavy atom. The zero-order chi connectivity index (χ0) is 21.8. The number of hydrogen-bond donors (Lipinski definition) is 2. The molecule has 0 amide bonds. The maximum atomic E-state index is 5.62. The van der Waals surface area contributed by atoms with E-state index in [1.807, 2.05) is 30.3 Å². The van der Waals surface area contributed by atoms with Crippen molar-refractivity contribution in [3.8, 4) is 0 Å². The van der Waals surface area contributed by atoms with Crippen LogP contribution in [0.3, 0.4) is 0 Å². The minimum absolute atomic E-state index is 0.823. The van der Waals surface area contributed by atoms with E-state index in [0.717, 1.165) is 17.1 Å². The molecule has 0 unspecified atom stereocenters. The van der Waals surface area contributed by atoms with Gasteiger partial charge >= 0.3 is 0 Å². The van der Waals surface area contributed by atoms with Crippen LogP contribution in [-0.2, 0) is 0 Å².